The van der Waals surface area contributed by atoms with E-state index in [9.17, 15) is 4.79 Å². The van der Waals surface area contributed by atoms with E-state index in [4.69, 9.17) is 4.74 Å². The number of carbonyl (C=O) groups is 1. The van der Waals surface area contributed by atoms with E-state index >= 15 is 0 Å². The summed E-state index contributed by atoms with van der Waals surface area (Å²) >= 11 is 0. The maximum Gasteiger partial charge on any atom is 0.407 e. The third-order valence-electron chi connectivity index (χ3n) is 5.26. The third-order valence-corrected chi connectivity index (χ3v) is 5.26. The molecule has 2 aliphatic rings. The average Bonchev–Trinajstić information content (AvgIpc) is 2.58. The molecule has 1 fully saturated rings. The number of benzene rings is 1. The first-order valence-corrected chi connectivity index (χ1v) is 9.71. The summed E-state index contributed by atoms with van der Waals surface area (Å²) in [6.07, 6.45) is 5.83. The molecule has 4 heteroatoms. The summed E-state index contributed by atoms with van der Waals surface area (Å²) in [7, 11) is 0. The highest BCUT2D eigenvalue weighted by Gasteiger charge is 2.30. The van der Waals surface area contributed by atoms with Crippen LogP contribution in [0.15, 0.2) is 24.3 Å². The molecule has 1 aromatic rings. The first-order valence-electron chi connectivity index (χ1n) is 9.71. The molecule has 1 aliphatic carbocycles. The van der Waals surface area contributed by atoms with Crippen LogP contribution in [0, 0.1) is 5.92 Å². The number of alkyl carbamates (subject to hydrolysis) is 1. The van der Waals surface area contributed by atoms with Crippen LogP contribution < -0.4 is 5.32 Å². The number of rotatable bonds is 3. The highest BCUT2D eigenvalue weighted by Crippen LogP contribution is 2.36. The zero-order valence-electron chi connectivity index (χ0n) is 15.9. The van der Waals surface area contributed by atoms with Gasteiger partial charge < -0.3 is 10.1 Å². The van der Waals surface area contributed by atoms with Crippen LogP contribution in [-0.2, 0) is 11.2 Å². The van der Waals surface area contributed by atoms with Gasteiger partial charge in [0, 0.05) is 19.1 Å². The molecule has 0 radical (unpaired) electrons. The zero-order chi connectivity index (χ0) is 17.9. The Morgan fingerprint density at radius 1 is 1.24 bits per heavy atom. The maximum absolute atomic E-state index is 11.9. The Kier molecular flexibility index (Phi) is 5.67. The van der Waals surface area contributed by atoms with Crippen molar-refractivity contribution in [1.29, 1.82) is 0 Å². The van der Waals surface area contributed by atoms with Crippen molar-refractivity contribution in [1.82, 2.24) is 10.2 Å². The fourth-order valence-electron chi connectivity index (χ4n) is 4.20. The van der Waals surface area contributed by atoms with E-state index in [2.05, 4.69) is 34.5 Å². The Morgan fingerprint density at radius 2 is 2.04 bits per heavy atom. The van der Waals surface area contributed by atoms with Gasteiger partial charge in [0.25, 0.3) is 0 Å². The predicted octanol–water partition coefficient (Wildman–Crippen LogP) is 4.30. The Morgan fingerprint density at radius 3 is 2.84 bits per heavy atom. The molecule has 0 unspecified atom stereocenters. The second kappa shape index (κ2) is 7.77. The lowest BCUT2D eigenvalue weighted by Crippen LogP contribution is -2.44. The lowest BCUT2D eigenvalue weighted by atomic mass is 9.85. The van der Waals surface area contributed by atoms with Crippen LogP contribution in [0.25, 0.3) is 0 Å². The lowest BCUT2D eigenvalue weighted by Gasteiger charge is -2.41. The fraction of sp³-hybridized carbons (Fsp3) is 0.667. The van der Waals surface area contributed by atoms with Gasteiger partial charge in [-0.1, -0.05) is 24.3 Å². The van der Waals surface area contributed by atoms with E-state index in [0.717, 1.165) is 6.54 Å². The van der Waals surface area contributed by atoms with E-state index in [0.29, 0.717) is 18.5 Å². The van der Waals surface area contributed by atoms with Crippen LogP contribution >= 0.6 is 0 Å². The summed E-state index contributed by atoms with van der Waals surface area (Å²) in [5, 5.41) is 2.96. The molecule has 1 saturated heterocycles. The number of nitrogens with one attached hydrogen (secondary N) is 1. The van der Waals surface area contributed by atoms with Crippen LogP contribution in [0.5, 0.6) is 0 Å². The number of ether oxygens (including phenoxy) is 1. The largest absolute Gasteiger partial charge is 0.444 e. The monoisotopic (exact) mass is 344 g/mol. The molecule has 3 rings (SSSR count). The molecule has 138 valence electrons. The normalized spacial score (nSPS) is 24.4. The van der Waals surface area contributed by atoms with Gasteiger partial charge >= 0.3 is 6.09 Å². The van der Waals surface area contributed by atoms with E-state index in [1.165, 1.54) is 49.8 Å². The summed E-state index contributed by atoms with van der Waals surface area (Å²) in [4.78, 5) is 14.5. The predicted molar refractivity (Wildman–Crippen MR) is 101 cm³/mol. The summed E-state index contributed by atoms with van der Waals surface area (Å²) in [6, 6.07) is 9.47. The minimum atomic E-state index is -0.436. The first-order chi connectivity index (χ1) is 11.9. The molecule has 0 saturated carbocycles. The molecule has 0 spiro atoms. The number of piperidine rings is 1. The molecular formula is C21H32N2O2. The lowest BCUT2D eigenvalue weighted by molar-refractivity contribution is 0.0496. The van der Waals surface area contributed by atoms with Crippen molar-refractivity contribution in [2.75, 3.05) is 19.6 Å². The molecule has 1 aromatic carbocycles. The number of nitrogens with zero attached hydrogens (tertiary/aromatic N) is 1. The zero-order valence-corrected chi connectivity index (χ0v) is 15.9. The van der Waals surface area contributed by atoms with Gasteiger partial charge in [-0.3, -0.25) is 4.90 Å². The highest BCUT2D eigenvalue weighted by molar-refractivity contribution is 5.67. The van der Waals surface area contributed by atoms with Crippen LogP contribution in [0.4, 0.5) is 4.79 Å². The molecule has 25 heavy (non-hydrogen) atoms. The van der Waals surface area contributed by atoms with Crippen molar-refractivity contribution in [3.63, 3.8) is 0 Å². The number of likely N-dealkylation sites (tertiary alicyclic amines) is 1. The smallest absolute Gasteiger partial charge is 0.407 e. The maximum atomic E-state index is 11.9. The molecule has 0 bridgehead atoms. The van der Waals surface area contributed by atoms with Crippen LogP contribution in [0.2, 0.25) is 0 Å². The second-order valence-electron chi connectivity index (χ2n) is 8.49. The van der Waals surface area contributed by atoms with Crippen molar-refractivity contribution >= 4 is 6.09 Å². The highest BCUT2D eigenvalue weighted by atomic mass is 16.6. The van der Waals surface area contributed by atoms with Crippen molar-refractivity contribution in [3.8, 4) is 0 Å². The molecule has 4 nitrogen and oxygen atoms in total. The number of carbonyl (C=O) groups excluding carboxylic acids is 1. The number of hydrogen-bond acceptors (Lipinski definition) is 3. The van der Waals surface area contributed by atoms with E-state index in [1.807, 2.05) is 20.8 Å². The summed E-state index contributed by atoms with van der Waals surface area (Å²) in [6.45, 7) is 8.64. The van der Waals surface area contributed by atoms with Gasteiger partial charge in [0.05, 0.1) is 0 Å². The Balaban J connectivity index is 1.56. The third kappa shape index (κ3) is 4.97. The molecule has 1 amide bonds. The van der Waals surface area contributed by atoms with Gasteiger partial charge in [0.1, 0.15) is 5.60 Å². The van der Waals surface area contributed by atoms with E-state index in [-0.39, 0.29) is 6.09 Å². The van der Waals surface area contributed by atoms with Crippen molar-refractivity contribution in [2.45, 2.75) is 64.5 Å². The minimum absolute atomic E-state index is 0.298. The molecule has 1 aliphatic heterocycles. The SMILES string of the molecule is CC(C)(C)OC(=O)NC[C@@H]1CCCN([C@H]2CCCc3ccccc32)C1. The van der Waals surface area contributed by atoms with Crippen molar-refractivity contribution < 1.29 is 9.53 Å². The average molecular weight is 344 g/mol. The van der Waals surface area contributed by atoms with Crippen LogP contribution in [0.1, 0.15) is 63.6 Å². The number of hydrogen-bond donors (Lipinski definition) is 1. The van der Waals surface area contributed by atoms with Crippen molar-refractivity contribution in [3.05, 3.63) is 35.4 Å². The van der Waals surface area contributed by atoms with E-state index in [1.54, 1.807) is 0 Å². The minimum Gasteiger partial charge on any atom is -0.444 e. The number of fused-ring (bicyclic) bond motifs is 1. The van der Waals surface area contributed by atoms with Gasteiger partial charge in [0.15, 0.2) is 0 Å². The fourth-order valence-corrected chi connectivity index (χ4v) is 4.20. The van der Waals surface area contributed by atoms with E-state index < -0.39 is 5.60 Å². The summed E-state index contributed by atoms with van der Waals surface area (Å²) in [5.41, 5.74) is 2.61. The standard InChI is InChI=1S/C21H32N2O2/c1-21(2,3)25-20(24)22-14-16-8-7-13-23(15-16)19-12-6-10-17-9-4-5-11-18(17)19/h4-5,9,11,16,19H,6-8,10,12-15H2,1-3H3,(H,22,24)/t16-,19-/m0/s1. The number of aryl methyl sites for hydroxylation is 1. The summed E-state index contributed by atoms with van der Waals surface area (Å²) < 4.78 is 5.35. The van der Waals surface area contributed by atoms with Gasteiger partial charge in [-0.15, -0.1) is 0 Å². The summed E-state index contributed by atoms with van der Waals surface area (Å²) in [5.74, 6) is 0.510. The Bertz CT molecular complexity index is 594. The Hall–Kier alpha value is -1.55. The van der Waals surface area contributed by atoms with Crippen LogP contribution in [0.3, 0.4) is 0 Å². The molecule has 2 atom stereocenters. The van der Waals surface area contributed by atoms with Gasteiger partial charge in [-0.05, 0) is 76.5 Å². The van der Waals surface area contributed by atoms with Gasteiger partial charge in [-0.25, -0.2) is 4.79 Å². The molecule has 1 heterocycles. The molecule has 1 N–H and O–H groups in total. The topological polar surface area (TPSA) is 41.6 Å². The van der Waals surface area contributed by atoms with Crippen LogP contribution in [-0.4, -0.2) is 36.2 Å². The van der Waals surface area contributed by atoms with Gasteiger partial charge in [0.2, 0.25) is 0 Å². The first kappa shape index (κ1) is 18.2. The Labute approximate surface area is 151 Å². The number of amides is 1. The molecular weight excluding hydrogens is 312 g/mol. The quantitative estimate of drug-likeness (QED) is 0.889. The van der Waals surface area contributed by atoms with Gasteiger partial charge in [-0.2, -0.15) is 0 Å². The van der Waals surface area contributed by atoms with Crippen molar-refractivity contribution in [2.24, 2.45) is 5.92 Å². The second-order valence-corrected chi connectivity index (χ2v) is 8.49. The molecule has 0 aromatic heterocycles.